The molecule has 1 aromatic heterocycles. The average Bonchev–Trinajstić information content (AvgIpc) is 2.65. The van der Waals surface area contributed by atoms with Gasteiger partial charge >= 0.3 is 6.09 Å². The van der Waals surface area contributed by atoms with Crippen molar-refractivity contribution in [3.63, 3.8) is 0 Å². The van der Waals surface area contributed by atoms with Crippen molar-refractivity contribution in [2.24, 2.45) is 5.73 Å². The van der Waals surface area contributed by atoms with Gasteiger partial charge in [0.2, 0.25) is 0 Å². The maximum absolute atomic E-state index is 11.2. The van der Waals surface area contributed by atoms with Gasteiger partial charge in [-0.2, -0.15) is 0 Å². The summed E-state index contributed by atoms with van der Waals surface area (Å²) in [6.07, 6.45) is 1.46. The lowest BCUT2D eigenvalue weighted by molar-refractivity contribution is 0.157. The van der Waals surface area contributed by atoms with Crippen molar-refractivity contribution in [2.45, 2.75) is 13.1 Å². The summed E-state index contributed by atoms with van der Waals surface area (Å²) in [5.41, 5.74) is 7.35. The van der Waals surface area contributed by atoms with Gasteiger partial charge in [-0.05, 0) is 17.7 Å². The van der Waals surface area contributed by atoms with Gasteiger partial charge in [0.05, 0.1) is 12.2 Å². The molecule has 2 heterocycles. The van der Waals surface area contributed by atoms with E-state index in [-0.39, 0.29) is 6.09 Å². The van der Waals surface area contributed by atoms with Crippen LogP contribution in [0, 0.1) is 0 Å². The van der Waals surface area contributed by atoms with E-state index in [2.05, 4.69) is 4.98 Å². The number of hydrogen-bond donors (Lipinski definition) is 1. The summed E-state index contributed by atoms with van der Waals surface area (Å²) in [5.74, 6) is 0. The fourth-order valence-corrected chi connectivity index (χ4v) is 1.53. The van der Waals surface area contributed by atoms with Gasteiger partial charge in [0.15, 0.2) is 0 Å². The lowest BCUT2D eigenvalue weighted by atomic mass is 10.2. The van der Waals surface area contributed by atoms with Crippen molar-refractivity contribution in [1.29, 1.82) is 0 Å². The molecule has 0 atom stereocenters. The highest BCUT2D eigenvalue weighted by Crippen LogP contribution is 2.10. The number of carbonyl (C=O) groups excluding carboxylic acids is 1. The SMILES string of the molecule is NCc1cc(CN2CCOC2=O)ccn1. The zero-order valence-electron chi connectivity index (χ0n) is 8.35. The third-order valence-electron chi connectivity index (χ3n) is 2.31. The van der Waals surface area contributed by atoms with Gasteiger partial charge in [-0.25, -0.2) is 4.79 Å². The molecule has 15 heavy (non-hydrogen) atoms. The predicted molar refractivity (Wildman–Crippen MR) is 53.9 cm³/mol. The van der Waals surface area contributed by atoms with Gasteiger partial charge in [-0.15, -0.1) is 0 Å². The van der Waals surface area contributed by atoms with Crippen molar-refractivity contribution >= 4 is 6.09 Å². The molecule has 0 unspecified atom stereocenters. The molecule has 0 spiro atoms. The van der Waals surface area contributed by atoms with Gasteiger partial charge in [-0.3, -0.25) is 4.98 Å². The van der Waals surface area contributed by atoms with E-state index < -0.39 is 0 Å². The van der Waals surface area contributed by atoms with Crippen LogP contribution in [0.5, 0.6) is 0 Å². The number of nitrogens with two attached hydrogens (primary N) is 1. The second kappa shape index (κ2) is 4.27. The van der Waals surface area contributed by atoms with Crippen LogP contribution >= 0.6 is 0 Å². The molecule has 0 aromatic carbocycles. The number of ether oxygens (including phenoxy) is 1. The van der Waals surface area contributed by atoms with Crippen molar-refractivity contribution in [2.75, 3.05) is 13.2 Å². The summed E-state index contributed by atoms with van der Waals surface area (Å²) in [6, 6.07) is 3.79. The standard InChI is InChI=1S/C10H13N3O2/c11-6-9-5-8(1-2-12-9)7-13-3-4-15-10(13)14/h1-2,5H,3-4,6-7,11H2. The summed E-state index contributed by atoms with van der Waals surface area (Å²) >= 11 is 0. The van der Waals surface area contributed by atoms with Gasteiger partial charge < -0.3 is 15.4 Å². The van der Waals surface area contributed by atoms with E-state index in [9.17, 15) is 4.79 Å². The molecule has 0 radical (unpaired) electrons. The Hall–Kier alpha value is -1.62. The summed E-state index contributed by atoms with van der Waals surface area (Å²) in [6.45, 7) is 2.11. The van der Waals surface area contributed by atoms with E-state index in [0.717, 1.165) is 11.3 Å². The maximum atomic E-state index is 11.2. The minimum atomic E-state index is -0.249. The molecule has 1 saturated heterocycles. The highest BCUT2D eigenvalue weighted by atomic mass is 16.6. The normalized spacial score (nSPS) is 15.5. The molecule has 2 rings (SSSR count). The van der Waals surface area contributed by atoms with E-state index in [1.165, 1.54) is 0 Å². The smallest absolute Gasteiger partial charge is 0.410 e. The van der Waals surface area contributed by atoms with Crippen molar-refractivity contribution in [3.05, 3.63) is 29.6 Å². The molecule has 1 aliphatic rings. The summed E-state index contributed by atoms with van der Waals surface area (Å²) in [5, 5.41) is 0. The Kier molecular flexibility index (Phi) is 2.82. The molecule has 1 fully saturated rings. The van der Waals surface area contributed by atoms with Crippen LogP contribution in [0.3, 0.4) is 0 Å². The Labute approximate surface area is 87.8 Å². The zero-order chi connectivity index (χ0) is 10.7. The molecule has 5 heteroatoms. The molecule has 1 amide bonds. The summed E-state index contributed by atoms with van der Waals surface area (Å²) in [7, 11) is 0. The Balaban J connectivity index is 2.06. The third kappa shape index (κ3) is 2.24. The number of carbonyl (C=O) groups is 1. The van der Waals surface area contributed by atoms with Gasteiger partial charge in [-0.1, -0.05) is 0 Å². The van der Waals surface area contributed by atoms with Crippen LogP contribution in [0.1, 0.15) is 11.3 Å². The van der Waals surface area contributed by atoms with Crippen molar-refractivity contribution in [1.82, 2.24) is 9.88 Å². The van der Waals surface area contributed by atoms with Crippen LogP contribution < -0.4 is 5.73 Å². The Bertz CT molecular complexity index is 367. The lowest BCUT2D eigenvalue weighted by Gasteiger charge is -2.12. The first-order valence-corrected chi connectivity index (χ1v) is 4.85. The molecule has 0 aliphatic carbocycles. The van der Waals surface area contributed by atoms with Crippen LogP contribution in [0.4, 0.5) is 4.79 Å². The first-order valence-electron chi connectivity index (χ1n) is 4.85. The van der Waals surface area contributed by atoms with Gasteiger partial charge in [0, 0.05) is 19.3 Å². The van der Waals surface area contributed by atoms with Gasteiger partial charge in [0.25, 0.3) is 0 Å². The van der Waals surface area contributed by atoms with E-state index in [1.807, 2.05) is 12.1 Å². The van der Waals surface area contributed by atoms with E-state index in [1.54, 1.807) is 11.1 Å². The Morgan fingerprint density at radius 1 is 1.60 bits per heavy atom. The quantitative estimate of drug-likeness (QED) is 0.783. The van der Waals surface area contributed by atoms with E-state index in [0.29, 0.717) is 26.2 Å². The topological polar surface area (TPSA) is 68.4 Å². The van der Waals surface area contributed by atoms with Crippen LogP contribution in [0.25, 0.3) is 0 Å². The number of cyclic esters (lactones) is 1. The minimum Gasteiger partial charge on any atom is -0.448 e. The molecule has 2 N–H and O–H groups in total. The summed E-state index contributed by atoms with van der Waals surface area (Å²) < 4.78 is 4.84. The van der Waals surface area contributed by atoms with E-state index >= 15 is 0 Å². The number of amides is 1. The largest absolute Gasteiger partial charge is 0.448 e. The second-order valence-corrected chi connectivity index (χ2v) is 3.40. The minimum absolute atomic E-state index is 0.249. The monoisotopic (exact) mass is 207 g/mol. The maximum Gasteiger partial charge on any atom is 0.410 e. The van der Waals surface area contributed by atoms with Gasteiger partial charge in [0.1, 0.15) is 6.61 Å². The molecular weight excluding hydrogens is 194 g/mol. The molecule has 1 aliphatic heterocycles. The van der Waals surface area contributed by atoms with Crippen LogP contribution in [-0.4, -0.2) is 29.1 Å². The average molecular weight is 207 g/mol. The third-order valence-corrected chi connectivity index (χ3v) is 2.31. The molecule has 5 nitrogen and oxygen atoms in total. The lowest BCUT2D eigenvalue weighted by Crippen LogP contribution is -2.23. The van der Waals surface area contributed by atoms with Crippen molar-refractivity contribution < 1.29 is 9.53 Å². The summed E-state index contributed by atoms with van der Waals surface area (Å²) in [4.78, 5) is 17.0. The fourth-order valence-electron chi connectivity index (χ4n) is 1.53. The molecule has 0 saturated carbocycles. The van der Waals surface area contributed by atoms with Crippen LogP contribution in [0.2, 0.25) is 0 Å². The fraction of sp³-hybridized carbons (Fsp3) is 0.400. The Morgan fingerprint density at radius 3 is 3.13 bits per heavy atom. The molecule has 0 bridgehead atoms. The molecule has 1 aromatic rings. The molecule has 80 valence electrons. The highest BCUT2D eigenvalue weighted by Gasteiger charge is 2.21. The number of aromatic nitrogens is 1. The van der Waals surface area contributed by atoms with Crippen molar-refractivity contribution in [3.8, 4) is 0 Å². The predicted octanol–water partition coefficient (Wildman–Crippen LogP) is 0.492. The zero-order valence-corrected chi connectivity index (χ0v) is 8.35. The second-order valence-electron chi connectivity index (χ2n) is 3.40. The first-order chi connectivity index (χ1) is 7.29. The first kappa shape index (κ1) is 9.92. The number of pyridine rings is 1. The highest BCUT2D eigenvalue weighted by molar-refractivity contribution is 5.69. The van der Waals surface area contributed by atoms with E-state index in [4.69, 9.17) is 10.5 Å². The number of nitrogens with zero attached hydrogens (tertiary/aromatic N) is 2. The Morgan fingerprint density at radius 2 is 2.47 bits per heavy atom. The van der Waals surface area contributed by atoms with Crippen LogP contribution in [0.15, 0.2) is 18.3 Å². The number of rotatable bonds is 3. The van der Waals surface area contributed by atoms with Crippen LogP contribution in [-0.2, 0) is 17.8 Å². The molecular formula is C10H13N3O2. The number of hydrogen-bond acceptors (Lipinski definition) is 4.